The van der Waals surface area contributed by atoms with Crippen molar-refractivity contribution in [1.82, 2.24) is 10.6 Å². The van der Waals surface area contributed by atoms with Crippen molar-refractivity contribution in [2.45, 2.75) is 77.8 Å². The molecule has 0 saturated heterocycles. The molecule has 1 heterocycles. The molecule has 1 amide bonds. The molecule has 0 spiro atoms. The van der Waals surface area contributed by atoms with Crippen LogP contribution in [-0.2, 0) is 29.2 Å². The Labute approximate surface area is 145 Å². The number of hydrogen-bond donors (Lipinski definition) is 2. The fraction of sp³-hybridized carbons (Fsp3) is 0.650. The Bertz CT molecular complexity index is 573. The average molecular weight is 330 g/mol. The number of nitrogens with one attached hydrogen (secondary N) is 2. The van der Waals surface area contributed by atoms with Crippen molar-refractivity contribution in [1.29, 1.82) is 0 Å². The lowest BCUT2D eigenvalue weighted by molar-refractivity contribution is -0.139. The second kappa shape index (κ2) is 8.13. The molecular formula is C20H30N2O2. The third-order valence-electron chi connectivity index (χ3n) is 5.28. The Hall–Kier alpha value is -1.39. The first-order chi connectivity index (χ1) is 11.7. The molecule has 4 heteroatoms. The molecule has 3 atom stereocenters. The summed E-state index contributed by atoms with van der Waals surface area (Å²) in [4.78, 5) is 12.5. The minimum atomic E-state index is -0.323. The quantitative estimate of drug-likeness (QED) is 0.841. The van der Waals surface area contributed by atoms with Gasteiger partial charge in [0.2, 0.25) is 5.91 Å². The lowest BCUT2D eigenvalue weighted by Crippen LogP contribution is -2.39. The Kier molecular flexibility index (Phi) is 5.90. The van der Waals surface area contributed by atoms with E-state index in [0.717, 1.165) is 37.9 Å². The van der Waals surface area contributed by atoms with E-state index in [9.17, 15) is 4.79 Å². The molecule has 2 aliphatic rings. The van der Waals surface area contributed by atoms with Gasteiger partial charge in [-0.3, -0.25) is 4.79 Å². The van der Waals surface area contributed by atoms with Gasteiger partial charge in [0.15, 0.2) is 0 Å². The lowest BCUT2D eigenvalue weighted by Gasteiger charge is -2.29. The molecule has 3 unspecified atom stereocenters. The molecule has 24 heavy (non-hydrogen) atoms. The highest BCUT2D eigenvalue weighted by atomic mass is 16.5. The third-order valence-corrected chi connectivity index (χ3v) is 5.28. The zero-order valence-corrected chi connectivity index (χ0v) is 14.9. The molecule has 1 saturated carbocycles. The fourth-order valence-corrected chi connectivity index (χ4v) is 3.84. The van der Waals surface area contributed by atoms with Crippen molar-refractivity contribution in [3.05, 3.63) is 34.9 Å². The molecule has 3 rings (SSSR count). The van der Waals surface area contributed by atoms with Gasteiger partial charge in [0.25, 0.3) is 0 Å². The molecule has 1 aliphatic heterocycles. The first kappa shape index (κ1) is 17.4. The van der Waals surface area contributed by atoms with Crippen LogP contribution in [0, 0.1) is 5.92 Å². The minimum absolute atomic E-state index is 0.0225. The van der Waals surface area contributed by atoms with Crippen LogP contribution < -0.4 is 10.6 Å². The summed E-state index contributed by atoms with van der Waals surface area (Å²) in [5, 5.41) is 6.41. The van der Waals surface area contributed by atoms with Gasteiger partial charge in [-0.15, -0.1) is 0 Å². The smallest absolute Gasteiger partial charge is 0.249 e. The van der Waals surface area contributed by atoms with Crippen molar-refractivity contribution in [3.8, 4) is 0 Å². The second-order valence-electron chi connectivity index (χ2n) is 7.35. The van der Waals surface area contributed by atoms with E-state index in [0.29, 0.717) is 12.5 Å². The molecule has 4 nitrogen and oxygen atoms in total. The van der Waals surface area contributed by atoms with Crippen LogP contribution in [0.1, 0.15) is 62.6 Å². The summed E-state index contributed by atoms with van der Waals surface area (Å²) < 4.78 is 6.11. The SMILES string of the molecule is CCC(OC1CCCC(C)C1)C(=O)NCc1ccc2c(c1)CNC2. The zero-order valence-electron chi connectivity index (χ0n) is 14.9. The zero-order chi connectivity index (χ0) is 16.9. The third kappa shape index (κ3) is 4.37. The molecule has 1 aromatic carbocycles. The van der Waals surface area contributed by atoms with E-state index < -0.39 is 0 Å². The summed E-state index contributed by atoms with van der Waals surface area (Å²) in [5.74, 6) is 0.735. The van der Waals surface area contributed by atoms with E-state index in [-0.39, 0.29) is 18.1 Å². The van der Waals surface area contributed by atoms with Crippen molar-refractivity contribution in [2.75, 3.05) is 0 Å². The van der Waals surface area contributed by atoms with E-state index in [1.165, 1.54) is 24.0 Å². The molecule has 0 aromatic heterocycles. The van der Waals surface area contributed by atoms with Gasteiger partial charge in [-0.25, -0.2) is 0 Å². The van der Waals surface area contributed by atoms with Crippen molar-refractivity contribution in [3.63, 3.8) is 0 Å². The predicted octanol–water partition coefficient (Wildman–Crippen LogP) is 3.28. The summed E-state index contributed by atoms with van der Waals surface area (Å²) in [6.45, 7) is 6.76. The van der Waals surface area contributed by atoms with Crippen LogP contribution in [-0.4, -0.2) is 18.1 Å². The molecule has 1 aromatic rings. The summed E-state index contributed by atoms with van der Waals surface area (Å²) in [7, 11) is 0. The Morgan fingerprint density at radius 2 is 2.17 bits per heavy atom. The standard InChI is InChI=1S/C20H30N2O2/c1-3-19(24-18-6-4-5-14(2)9-18)20(23)22-11-15-7-8-16-12-21-13-17(16)10-15/h7-8,10,14,18-19,21H,3-6,9,11-13H2,1-2H3,(H,22,23). The van der Waals surface area contributed by atoms with E-state index in [2.05, 4.69) is 35.8 Å². The lowest BCUT2D eigenvalue weighted by atomic mass is 9.88. The molecule has 132 valence electrons. The summed E-state index contributed by atoms with van der Waals surface area (Å²) >= 11 is 0. The second-order valence-corrected chi connectivity index (χ2v) is 7.35. The molecule has 1 fully saturated rings. The van der Waals surface area contributed by atoms with Gasteiger partial charge >= 0.3 is 0 Å². The van der Waals surface area contributed by atoms with E-state index in [4.69, 9.17) is 4.74 Å². The van der Waals surface area contributed by atoms with Crippen LogP contribution in [0.15, 0.2) is 18.2 Å². The number of rotatable bonds is 6. The van der Waals surface area contributed by atoms with Crippen molar-refractivity contribution < 1.29 is 9.53 Å². The number of fused-ring (bicyclic) bond motifs is 1. The van der Waals surface area contributed by atoms with Gasteiger partial charge in [0.05, 0.1) is 6.10 Å². The monoisotopic (exact) mass is 330 g/mol. The molecule has 1 aliphatic carbocycles. The maximum atomic E-state index is 12.5. The minimum Gasteiger partial charge on any atom is -0.365 e. The molecule has 0 radical (unpaired) electrons. The average Bonchev–Trinajstić information content (AvgIpc) is 3.05. The van der Waals surface area contributed by atoms with Gasteiger partial charge in [0.1, 0.15) is 6.10 Å². The van der Waals surface area contributed by atoms with Crippen molar-refractivity contribution >= 4 is 5.91 Å². The number of hydrogen-bond acceptors (Lipinski definition) is 3. The van der Waals surface area contributed by atoms with Gasteiger partial charge < -0.3 is 15.4 Å². The summed E-state index contributed by atoms with van der Waals surface area (Å²) in [6.07, 6.45) is 5.33. The first-order valence-corrected chi connectivity index (χ1v) is 9.40. The van der Waals surface area contributed by atoms with Crippen LogP contribution in [0.25, 0.3) is 0 Å². The van der Waals surface area contributed by atoms with Crippen LogP contribution >= 0.6 is 0 Å². The maximum absolute atomic E-state index is 12.5. The molecule has 0 bridgehead atoms. The van der Waals surface area contributed by atoms with Gasteiger partial charge in [-0.1, -0.05) is 44.9 Å². The predicted molar refractivity (Wildman–Crippen MR) is 95.4 cm³/mol. The Morgan fingerprint density at radius 1 is 1.33 bits per heavy atom. The topological polar surface area (TPSA) is 50.4 Å². The molecular weight excluding hydrogens is 300 g/mol. The highest BCUT2D eigenvalue weighted by molar-refractivity contribution is 5.80. The number of benzene rings is 1. The normalized spacial score (nSPS) is 24.4. The van der Waals surface area contributed by atoms with Gasteiger partial charge in [-0.05, 0) is 41.9 Å². The fourth-order valence-electron chi connectivity index (χ4n) is 3.84. The van der Waals surface area contributed by atoms with Crippen LogP contribution in [0.2, 0.25) is 0 Å². The van der Waals surface area contributed by atoms with E-state index in [1.54, 1.807) is 0 Å². The molecule has 2 N–H and O–H groups in total. The first-order valence-electron chi connectivity index (χ1n) is 9.40. The van der Waals surface area contributed by atoms with Crippen molar-refractivity contribution in [2.24, 2.45) is 5.92 Å². The van der Waals surface area contributed by atoms with Crippen LogP contribution in [0.3, 0.4) is 0 Å². The highest BCUT2D eigenvalue weighted by Gasteiger charge is 2.25. The Morgan fingerprint density at radius 3 is 2.96 bits per heavy atom. The summed E-state index contributed by atoms with van der Waals surface area (Å²) in [6, 6.07) is 6.46. The number of amides is 1. The number of ether oxygens (including phenoxy) is 1. The maximum Gasteiger partial charge on any atom is 0.249 e. The van der Waals surface area contributed by atoms with Gasteiger partial charge in [-0.2, -0.15) is 0 Å². The van der Waals surface area contributed by atoms with E-state index in [1.807, 2.05) is 6.92 Å². The van der Waals surface area contributed by atoms with E-state index >= 15 is 0 Å². The highest BCUT2D eigenvalue weighted by Crippen LogP contribution is 2.27. The van der Waals surface area contributed by atoms with Crippen LogP contribution in [0.4, 0.5) is 0 Å². The van der Waals surface area contributed by atoms with Gasteiger partial charge in [0, 0.05) is 19.6 Å². The number of carbonyl (C=O) groups excluding carboxylic acids is 1. The van der Waals surface area contributed by atoms with Crippen LogP contribution in [0.5, 0.6) is 0 Å². The Balaban J connectivity index is 1.51. The number of carbonyl (C=O) groups is 1. The summed E-state index contributed by atoms with van der Waals surface area (Å²) in [5.41, 5.74) is 3.87. The largest absolute Gasteiger partial charge is 0.365 e.